The van der Waals surface area contributed by atoms with Crippen LogP contribution in [-0.2, 0) is 4.79 Å². The fraction of sp³-hybridized carbons (Fsp3) is 0.800. The fourth-order valence-corrected chi connectivity index (χ4v) is 3.38. The summed E-state index contributed by atoms with van der Waals surface area (Å²) in [5.74, 6) is 0.556. The van der Waals surface area contributed by atoms with Crippen LogP contribution in [0.4, 0.5) is 4.79 Å². The number of nitriles is 1. The Morgan fingerprint density at radius 2 is 2.14 bits per heavy atom. The Labute approximate surface area is 136 Å². The largest absolute Gasteiger partial charge is 0.465 e. The lowest BCUT2D eigenvalue weighted by molar-refractivity contribution is -0.129. The van der Waals surface area contributed by atoms with E-state index in [4.69, 9.17) is 5.26 Å². The summed E-state index contributed by atoms with van der Waals surface area (Å²) in [6.45, 7) is 5.94. The minimum absolute atomic E-state index is 0.148. The average Bonchev–Trinajstić information content (AvgIpc) is 2.88. The highest BCUT2D eigenvalue weighted by Crippen LogP contribution is 2.26. The average molecular weight is 327 g/mol. The number of Topliss-reactive ketones (excluding diaryl/α,β-unsaturated/α-hetero) is 1. The molecule has 1 aliphatic heterocycles. The highest BCUT2D eigenvalue weighted by atomic mass is 32.2. The van der Waals surface area contributed by atoms with Crippen molar-refractivity contribution >= 4 is 23.6 Å². The van der Waals surface area contributed by atoms with E-state index in [2.05, 4.69) is 6.19 Å². The molecule has 0 aromatic carbocycles. The van der Waals surface area contributed by atoms with Crippen LogP contribution in [0, 0.1) is 11.5 Å². The first-order valence-corrected chi connectivity index (χ1v) is 8.84. The molecular weight excluding hydrogens is 302 g/mol. The van der Waals surface area contributed by atoms with E-state index >= 15 is 0 Å². The molecule has 124 valence electrons. The van der Waals surface area contributed by atoms with Crippen molar-refractivity contribution < 1.29 is 14.7 Å². The third kappa shape index (κ3) is 4.29. The zero-order valence-electron chi connectivity index (χ0n) is 13.7. The first-order valence-electron chi connectivity index (χ1n) is 7.45. The van der Waals surface area contributed by atoms with Gasteiger partial charge in [-0.15, -0.1) is 0 Å². The second kappa shape index (κ2) is 7.73. The van der Waals surface area contributed by atoms with Crippen molar-refractivity contribution in [2.75, 3.05) is 18.6 Å². The van der Waals surface area contributed by atoms with Crippen LogP contribution in [0.15, 0.2) is 0 Å². The Hall–Kier alpha value is -1.42. The molecule has 0 radical (unpaired) electrons. The van der Waals surface area contributed by atoms with E-state index in [1.165, 1.54) is 9.80 Å². The SMILES string of the molecule is CSCC[C@@H](C(=O)C1CCCN1C#N)N(C(=O)O)C(C)(C)C. The number of carbonyl (C=O) groups is 2. The first kappa shape index (κ1) is 18.6. The van der Waals surface area contributed by atoms with Crippen LogP contribution in [0.5, 0.6) is 0 Å². The molecule has 22 heavy (non-hydrogen) atoms. The normalized spacial score (nSPS) is 19.6. The maximum Gasteiger partial charge on any atom is 0.408 e. The molecule has 1 aliphatic rings. The molecule has 1 fully saturated rings. The standard InChI is InChI=1S/C15H25N3O3S/c1-15(2,3)18(14(20)21)12(7-9-22-4)13(19)11-6-5-8-17(11)10-16/h11-12H,5-9H2,1-4H3,(H,20,21)/t11?,12-/m0/s1. The Balaban J connectivity index is 3.08. The molecule has 0 saturated carbocycles. The monoisotopic (exact) mass is 327 g/mol. The van der Waals surface area contributed by atoms with Crippen molar-refractivity contribution in [3.05, 3.63) is 0 Å². The van der Waals surface area contributed by atoms with E-state index in [-0.39, 0.29) is 5.78 Å². The second-order valence-electron chi connectivity index (χ2n) is 6.47. The molecule has 1 unspecified atom stereocenters. The predicted octanol–water partition coefficient (Wildman–Crippen LogP) is 2.40. The van der Waals surface area contributed by atoms with Gasteiger partial charge in [0.05, 0.1) is 12.1 Å². The van der Waals surface area contributed by atoms with Crippen LogP contribution in [0.2, 0.25) is 0 Å². The third-order valence-electron chi connectivity index (χ3n) is 3.87. The van der Waals surface area contributed by atoms with E-state index in [0.717, 1.165) is 6.42 Å². The highest BCUT2D eigenvalue weighted by Gasteiger charge is 2.42. The minimum atomic E-state index is -1.09. The topological polar surface area (TPSA) is 84.6 Å². The number of rotatable bonds is 6. The van der Waals surface area contributed by atoms with Crippen molar-refractivity contribution in [3.63, 3.8) is 0 Å². The summed E-state index contributed by atoms with van der Waals surface area (Å²) in [4.78, 5) is 27.3. The molecule has 2 atom stereocenters. The number of likely N-dealkylation sites (tertiary alicyclic amines) is 1. The molecule has 0 aromatic heterocycles. The fourth-order valence-electron chi connectivity index (χ4n) is 2.92. The Morgan fingerprint density at radius 1 is 1.50 bits per heavy atom. The lowest BCUT2D eigenvalue weighted by Gasteiger charge is -2.40. The molecule has 0 aromatic rings. The minimum Gasteiger partial charge on any atom is -0.465 e. The zero-order valence-corrected chi connectivity index (χ0v) is 14.5. The molecule has 1 saturated heterocycles. The number of nitrogens with zero attached hydrogens (tertiary/aromatic N) is 3. The van der Waals surface area contributed by atoms with Crippen molar-refractivity contribution in [1.82, 2.24) is 9.80 Å². The Bertz CT molecular complexity index is 456. The maximum atomic E-state index is 12.9. The van der Waals surface area contributed by atoms with Gasteiger partial charge in [0.15, 0.2) is 12.0 Å². The van der Waals surface area contributed by atoms with Crippen LogP contribution in [-0.4, -0.2) is 63.0 Å². The Kier molecular flexibility index (Phi) is 6.54. The van der Waals surface area contributed by atoms with E-state index in [9.17, 15) is 14.7 Å². The summed E-state index contributed by atoms with van der Waals surface area (Å²) < 4.78 is 0. The number of hydrogen-bond acceptors (Lipinski definition) is 5. The summed E-state index contributed by atoms with van der Waals surface area (Å²) in [5.41, 5.74) is -0.666. The summed E-state index contributed by atoms with van der Waals surface area (Å²) >= 11 is 1.59. The second-order valence-corrected chi connectivity index (χ2v) is 7.46. The lowest BCUT2D eigenvalue weighted by Crippen LogP contribution is -2.57. The van der Waals surface area contributed by atoms with Crippen molar-refractivity contribution in [1.29, 1.82) is 5.26 Å². The van der Waals surface area contributed by atoms with Gasteiger partial charge in [0, 0.05) is 12.1 Å². The van der Waals surface area contributed by atoms with E-state index in [1.807, 2.05) is 6.26 Å². The number of thioether (sulfide) groups is 1. The van der Waals surface area contributed by atoms with Gasteiger partial charge >= 0.3 is 6.09 Å². The molecule has 0 spiro atoms. The first-order chi connectivity index (χ1) is 10.2. The van der Waals surface area contributed by atoms with Gasteiger partial charge in [0.1, 0.15) is 0 Å². The van der Waals surface area contributed by atoms with Gasteiger partial charge in [0.2, 0.25) is 0 Å². The van der Waals surface area contributed by atoms with Gasteiger partial charge in [-0.25, -0.2) is 4.79 Å². The van der Waals surface area contributed by atoms with Crippen LogP contribution in [0.25, 0.3) is 0 Å². The smallest absolute Gasteiger partial charge is 0.408 e. The molecule has 1 rings (SSSR count). The molecule has 1 heterocycles. The van der Waals surface area contributed by atoms with E-state index in [1.54, 1.807) is 32.5 Å². The molecule has 1 N–H and O–H groups in total. The van der Waals surface area contributed by atoms with Gasteiger partial charge in [-0.1, -0.05) is 0 Å². The highest BCUT2D eigenvalue weighted by molar-refractivity contribution is 7.98. The number of carbonyl (C=O) groups excluding carboxylic acids is 1. The van der Waals surface area contributed by atoms with E-state index in [0.29, 0.717) is 25.1 Å². The number of amides is 1. The molecular formula is C15H25N3O3S. The number of ketones is 1. The van der Waals surface area contributed by atoms with Crippen LogP contribution in [0.1, 0.15) is 40.0 Å². The summed E-state index contributed by atoms with van der Waals surface area (Å²) in [6, 6.07) is -1.19. The summed E-state index contributed by atoms with van der Waals surface area (Å²) in [6.07, 6.45) is 4.79. The third-order valence-corrected chi connectivity index (χ3v) is 4.52. The quantitative estimate of drug-likeness (QED) is 0.754. The lowest BCUT2D eigenvalue weighted by atomic mass is 9.95. The van der Waals surface area contributed by atoms with Gasteiger partial charge in [-0.2, -0.15) is 17.0 Å². The van der Waals surface area contributed by atoms with Crippen molar-refractivity contribution in [3.8, 4) is 6.19 Å². The van der Waals surface area contributed by atoms with E-state index < -0.39 is 23.7 Å². The summed E-state index contributed by atoms with van der Waals surface area (Å²) in [5, 5.41) is 18.7. The van der Waals surface area contributed by atoms with Crippen molar-refractivity contribution in [2.45, 2.75) is 57.7 Å². The van der Waals surface area contributed by atoms with Gasteiger partial charge in [-0.05, 0) is 52.0 Å². The predicted molar refractivity (Wildman–Crippen MR) is 86.8 cm³/mol. The van der Waals surface area contributed by atoms with Gasteiger partial charge < -0.3 is 10.0 Å². The molecule has 0 aliphatic carbocycles. The zero-order chi connectivity index (χ0) is 16.9. The molecule has 6 nitrogen and oxygen atoms in total. The molecule has 1 amide bonds. The number of carboxylic acid groups (broad SMARTS) is 1. The van der Waals surface area contributed by atoms with Gasteiger partial charge in [-0.3, -0.25) is 9.69 Å². The van der Waals surface area contributed by atoms with Gasteiger partial charge in [0.25, 0.3) is 0 Å². The Morgan fingerprint density at radius 3 is 2.59 bits per heavy atom. The molecule has 7 heteroatoms. The maximum absolute atomic E-state index is 12.9. The van der Waals surface area contributed by atoms with Crippen LogP contribution < -0.4 is 0 Å². The van der Waals surface area contributed by atoms with Crippen molar-refractivity contribution in [2.24, 2.45) is 0 Å². The van der Waals surface area contributed by atoms with Crippen LogP contribution in [0.3, 0.4) is 0 Å². The number of hydrogen-bond donors (Lipinski definition) is 1. The molecule has 0 bridgehead atoms. The summed E-state index contributed by atoms with van der Waals surface area (Å²) in [7, 11) is 0. The van der Waals surface area contributed by atoms with Crippen LogP contribution >= 0.6 is 11.8 Å².